The molecule has 0 radical (unpaired) electrons. The fourth-order valence-corrected chi connectivity index (χ4v) is 2.94. The number of hydrogen-bond donors (Lipinski definition) is 1. The predicted octanol–water partition coefficient (Wildman–Crippen LogP) is 1.53. The van der Waals surface area contributed by atoms with Crippen molar-refractivity contribution in [2.75, 3.05) is 13.2 Å². The highest BCUT2D eigenvalue weighted by atomic mass is 32.2. The van der Waals surface area contributed by atoms with Crippen molar-refractivity contribution in [3.8, 4) is 0 Å². The van der Waals surface area contributed by atoms with Gasteiger partial charge in [0.1, 0.15) is 0 Å². The van der Waals surface area contributed by atoms with E-state index in [1.54, 1.807) is 30.3 Å². The number of benzene rings is 1. The van der Waals surface area contributed by atoms with Crippen molar-refractivity contribution >= 4 is 10.0 Å². The van der Waals surface area contributed by atoms with Crippen molar-refractivity contribution in [3.63, 3.8) is 0 Å². The average molecular weight is 255 g/mol. The molecule has 0 bridgehead atoms. The van der Waals surface area contributed by atoms with E-state index in [1.165, 1.54) is 0 Å². The van der Waals surface area contributed by atoms with Gasteiger partial charge in [0.25, 0.3) is 0 Å². The Morgan fingerprint density at radius 2 is 2.00 bits per heavy atom. The van der Waals surface area contributed by atoms with Gasteiger partial charge < -0.3 is 4.74 Å². The molecule has 0 amide bonds. The SMILES string of the molecule is O=S(=O)(NCC1CCCCO1)c1ccccc1. The topological polar surface area (TPSA) is 55.4 Å². The second-order valence-electron chi connectivity index (χ2n) is 4.15. The molecule has 1 atom stereocenters. The van der Waals surface area contributed by atoms with Gasteiger partial charge in [-0.05, 0) is 31.4 Å². The van der Waals surface area contributed by atoms with Gasteiger partial charge in [0.05, 0.1) is 11.0 Å². The van der Waals surface area contributed by atoms with E-state index in [4.69, 9.17) is 4.74 Å². The molecular weight excluding hydrogens is 238 g/mol. The van der Waals surface area contributed by atoms with E-state index < -0.39 is 10.0 Å². The van der Waals surface area contributed by atoms with Crippen LogP contribution >= 0.6 is 0 Å². The maximum Gasteiger partial charge on any atom is 0.240 e. The van der Waals surface area contributed by atoms with E-state index in [-0.39, 0.29) is 6.10 Å². The minimum Gasteiger partial charge on any atom is -0.377 e. The zero-order valence-corrected chi connectivity index (χ0v) is 10.4. The van der Waals surface area contributed by atoms with Crippen LogP contribution in [0.15, 0.2) is 35.2 Å². The third-order valence-electron chi connectivity index (χ3n) is 2.83. The fraction of sp³-hybridized carbons (Fsp3) is 0.500. The van der Waals surface area contributed by atoms with Gasteiger partial charge in [-0.2, -0.15) is 0 Å². The first-order chi connectivity index (χ1) is 8.18. The van der Waals surface area contributed by atoms with Crippen molar-refractivity contribution in [3.05, 3.63) is 30.3 Å². The molecule has 1 heterocycles. The van der Waals surface area contributed by atoms with Crippen molar-refractivity contribution in [2.45, 2.75) is 30.3 Å². The molecule has 0 saturated carbocycles. The molecule has 4 nitrogen and oxygen atoms in total. The van der Waals surface area contributed by atoms with Crippen LogP contribution in [0.5, 0.6) is 0 Å². The number of hydrogen-bond acceptors (Lipinski definition) is 3. The highest BCUT2D eigenvalue weighted by Crippen LogP contribution is 2.13. The van der Waals surface area contributed by atoms with E-state index in [9.17, 15) is 8.42 Å². The van der Waals surface area contributed by atoms with Crippen molar-refractivity contribution in [1.82, 2.24) is 4.72 Å². The molecule has 1 N–H and O–H groups in total. The molecule has 1 unspecified atom stereocenters. The third-order valence-corrected chi connectivity index (χ3v) is 4.27. The van der Waals surface area contributed by atoms with Crippen LogP contribution in [0, 0.1) is 0 Å². The Morgan fingerprint density at radius 3 is 2.65 bits per heavy atom. The zero-order valence-electron chi connectivity index (χ0n) is 9.63. The highest BCUT2D eigenvalue weighted by molar-refractivity contribution is 7.89. The first-order valence-corrected chi connectivity index (χ1v) is 7.33. The first-order valence-electron chi connectivity index (χ1n) is 5.85. The summed E-state index contributed by atoms with van der Waals surface area (Å²) in [6.45, 7) is 1.09. The Bertz CT molecular complexity index is 438. The van der Waals surface area contributed by atoms with E-state index in [0.29, 0.717) is 11.4 Å². The average Bonchev–Trinajstić information content (AvgIpc) is 2.39. The molecule has 1 aliphatic rings. The van der Waals surface area contributed by atoms with Crippen LogP contribution in [0.1, 0.15) is 19.3 Å². The van der Waals surface area contributed by atoms with Gasteiger partial charge in [0.2, 0.25) is 10.0 Å². The molecule has 1 aliphatic heterocycles. The number of rotatable bonds is 4. The Labute approximate surface area is 102 Å². The summed E-state index contributed by atoms with van der Waals surface area (Å²) in [5, 5.41) is 0. The Morgan fingerprint density at radius 1 is 1.24 bits per heavy atom. The molecule has 1 aromatic carbocycles. The summed E-state index contributed by atoms with van der Waals surface area (Å²) in [5.74, 6) is 0. The standard InChI is InChI=1S/C12H17NO3S/c14-17(15,12-7-2-1-3-8-12)13-10-11-6-4-5-9-16-11/h1-3,7-8,11,13H,4-6,9-10H2. The summed E-state index contributed by atoms with van der Waals surface area (Å²) < 4.78 is 31.9. The van der Waals surface area contributed by atoms with Crippen LogP contribution in [0.4, 0.5) is 0 Å². The Hall–Kier alpha value is -0.910. The highest BCUT2D eigenvalue weighted by Gasteiger charge is 2.18. The lowest BCUT2D eigenvalue weighted by atomic mass is 10.1. The number of sulfonamides is 1. The molecule has 1 fully saturated rings. The summed E-state index contributed by atoms with van der Waals surface area (Å²) in [6.07, 6.45) is 3.12. The van der Waals surface area contributed by atoms with Gasteiger partial charge in [-0.1, -0.05) is 18.2 Å². The van der Waals surface area contributed by atoms with Gasteiger partial charge in [-0.25, -0.2) is 13.1 Å². The van der Waals surface area contributed by atoms with E-state index in [2.05, 4.69) is 4.72 Å². The molecule has 1 aromatic rings. The molecule has 5 heteroatoms. The van der Waals surface area contributed by atoms with Crippen LogP contribution in [0.3, 0.4) is 0 Å². The third kappa shape index (κ3) is 3.52. The molecular formula is C12H17NO3S. The van der Waals surface area contributed by atoms with Crippen LogP contribution < -0.4 is 4.72 Å². The van der Waals surface area contributed by atoms with Crippen LogP contribution in [-0.4, -0.2) is 27.7 Å². The number of ether oxygens (including phenoxy) is 1. The molecule has 17 heavy (non-hydrogen) atoms. The molecule has 2 rings (SSSR count). The quantitative estimate of drug-likeness (QED) is 0.887. The van der Waals surface area contributed by atoms with Gasteiger partial charge in [0, 0.05) is 13.2 Å². The molecule has 0 aromatic heterocycles. The molecule has 94 valence electrons. The maximum absolute atomic E-state index is 11.9. The maximum atomic E-state index is 11.9. The van der Waals surface area contributed by atoms with Gasteiger partial charge in [-0.15, -0.1) is 0 Å². The van der Waals surface area contributed by atoms with Gasteiger partial charge in [-0.3, -0.25) is 0 Å². The summed E-state index contributed by atoms with van der Waals surface area (Å²) in [6, 6.07) is 8.40. The van der Waals surface area contributed by atoms with Crippen molar-refractivity contribution < 1.29 is 13.2 Å². The van der Waals surface area contributed by atoms with E-state index >= 15 is 0 Å². The van der Waals surface area contributed by atoms with E-state index in [1.807, 2.05) is 0 Å². The second-order valence-corrected chi connectivity index (χ2v) is 5.92. The van der Waals surface area contributed by atoms with Gasteiger partial charge >= 0.3 is 0 Å². The molecule has 0 aliphatic carbocycles. The minimum atomic E-state index is -3.39. The van der Waals surface area contributed by atoms with Crippen LogP contribution in [0.25, 0.3) is 0 Å². The summed E-state index contributed by atoms with van der Waals surface area (Å²) in [5.41, 5.74) is 0. The monoisotopic (exact) mass is 255 g/mol. The smallest absolute Gasteiger partial charge is 0.240 e. The first kappa shape index (κ1) is 12.5. The lowest BCUT2D eigenvalue weighted by Gasteiger charge is -2.22. The second kappa shape index (κ2) is 5.62. The van der Waals surface area contributed by atoms with Crippen LogP contribution in [-0.2, 0) is 14.8 Å². The lowest BCUT2D eigenvalue weighted by molar-refractivity contribution is 0.0200. The Balaban J connectivity index is 1.94. The molecule has 1 saturated heterocycles. The predicted molar refractivity (Wildman–Crippen MR) is 65.2 cm³/mol. The summed E-state index contributed by atoms with van der Waals surface area (Å²) >= 11 is 0. The zero-order chi connectivity index (χ0) is 12.1. The minimum absolute atomic E-state index is 0.0160. The fourth-order valence-electron chi connectivity index (χ4n) is 1.85. The van der Waals surface area contributed by atoms with Crippen LogP contribution in [0.2, 0.25) is 0 Å². The van der Waals surface area contributed by atoms with Crippen molar-refractivity contribution in [2.24, 2.45) is 0 Å². The summed E-state index contributed by atoms with van der Waals surface area (Å²) in [7, 11) is -3.39. The molecule has 0 spiro atoms. The van der Waals surface area contributed by atoms with E-state index in [0.717, 1.165) is 25.9 Å². The normalized spacial score (nSPS) is 21.3. The number of nitrogens with one attached hydrogen (secondary N) is 1. The van der Waals surface area contributed by atoms with Gasteiger partial charge in [0.15, 0.2) is 0 Å². The lowest BCUT2D eigenvalue weighted by Crippen LogP contribution is -2.35. The van der Waals surface area contributed by atoms with Crippen molar-refractivity contribution in [1.29, 1.82) is 0 Å². The Kier molecular flexibility index (Phi) is 4.15. The largest absolute Gasteiger partial charge is 0.377 e. The summed E-state index contributed by atoms with van der Waals surface area (Å²) in [4.78, 5) is 0.302.